The smallest absolute Gasteiger partial charge is 0.239 e. The van der Waals surface area contributed by atoms with E-state index in [2.05, 4.69) is 20.7 Å². The van der Waals surface area contributed by atoms with Crippen LogP contribution in [0.4, 0.5) is 11.8 Å². The summed E-state index contributed by atoms with van der Waals surface area (Å²) in [6.45, 7) is 1.99. The topological polar surface area (TPSA) is 75.9 Å². The summed E-state index contributed by atoms with van der Waals surface area (Å²) >= 11 is 12.0. The highest BCUT2D eigenvalue weighted by atomic mass is 35.5. The van der Waals surface area contributed by atoms with Gasteiger partial charge >= 0.3 is 0 Å². The van der Waals surface area contributed by atoms with E-state index < -0.39 is 0 Å². The van der Waals surface area contributed by atoms with Crippen LogP contribution in [0.15, 0.2) is 30.5 Å². The van der Waals surface area contributed by atoms with Gasteiger partial charge in [-0.3, -0.25) is 5.43 Å². The Balaban J connectivity index is 2.21. The molecule has 1 heterocycles. The standard InChI is InChI=1S/C12H13Cl2N5/c1-7(8-3-2-4-9(13)5-8)17-11-10(14)6-16-12(18-11)19-15/h2-7H,15H2,1H3,(H2,16,17,18,19). The van der Waals surface area contributed by atoms with E-state index in [0.717, 1.165) is 5.56 Å². The van der Waals surface area contributed by atoms with Crippen molar-refractivity contribution in [1.82, 2.24) is 9.97 Å². The lowest BCUT2D eigenvalue weighted by atomic mass is 10.1. The van der Waals surface area contributed by atoms with E-state index in [1.165, 1.54) is 6.20 Å². The van der Waals surface area contributed by atoms with E-state index in [9.17, 15) is 0 Å². The van der Waals surface area contributed by atoms with Gasteiger partial charge < -0.3 is 5.32 Å². The van der Waals surface area contributed by atoms with E-state index in [4.69, 9.17) is 29.0 Å². The van der Waals surface area contributed by atoms with Gasteiger partial charge in [0.2, 0.25) is 5.95 Å². The second-order valence-corrected chi connectivity index (χ2v) is 4.80. The fraction of sp³-hybridized carbons (Fsp3) is 0.167. The lowest BCUT2D eigenvalue weighted by Crippen LogP contribution is -2.13. The first kappa shape index (κ1) is 13.9. The molecular formula is C12H13Cl2N5. The molecular weight excluding hydrogens is 285 g/mol. The van der Waals surface area contributed by atoms with Crippen molar-refractivity contribution < 1.29 is 0 Å². The van der Waals surface area contributed by atoms with Crippen LogP contribution in [-0.2, 0) is 0 Å². The molecule has 1 atom stereocenters. The minimum Gasteiger partial charge on any atom is -0.362 e. The van der Waals surface area contributed by atoms with Crippen molar-refractivity contribution in [2.45, 2.75) is 13.0 Å². The van der Waals surface area contributed by atoms with Crippen LogP contribution in [0.5, 0.6) is 0 Å². The van der Waals surface area contributed by atoms with E-state index in [1.54, 1.807) is 0 Å². The lowest BCUT2D eigenvalue weighted by molar-refractivity contribution is 0.872. The summed E-state index contributed by atoms with van der Waals surface area (Å²) < 4.78 is 0. The van der Waals surface area contributed by atoms with Crippen molar-refractivity contribution >= 4 is 35.0 Å². The number of anilines is 2. The quantitative estimate of drug-likeness (QED) is 0.597. The van der Waals surface area contributed by atoms with Crippen LogP contribution in [0.25, 0.3) is 0 Å². The molecule has 2 aromatic rings. The highest BCUT2D eigenvalue weighted by Gasteiger charge is 2.10. The average molecular weight is 298 g/mol. The fourth-order valence-corrected chi connectivity index (χ4v) is 1.95. The summed E-state index contributed by atoms with van der Waals surface area (Å²) in [5.74, 6) is 6.07. The van der Waals surface area contributed by atoms with Gasteiger partial charge in [-0.05, 0) is 24.6 Å². The number of benzene rings is 1. The maximum atomic E-state index is 6.03. The molecule has 0 radical (unpaired) electrons. The normalized spacial score (nSPS) is 12.0. The summed E-state index contributed by atoms with van der Waals surface area (Å²) in [5, 5.41) is 4.30. The lowest BCUT2D eigenvalue weighted by Gasteiger charge is -2.16. The molecule has 0 bridgehead atoms. The molecule has 19 heavy (non-hydrogen) atoms. The van der Waals surface area contributed by atoms with Crippen molar-refractivity contribution in [2.24, 2.45) is 5.84 Å². The van der Waals surface area contributed by atoms with Gasteiger partial charge in [-0.15, -0.1) is 0 Å². The predicted molar refractivity (Wildman–Crippen MR) is 78.3 cm³/mol. The Morgan fingerprint density at radius 2 is 2.11 bits per heavy atom. The van der Waals surface area contributed by atoms with Crippen LogP contribution in [-0.4, -0.2) is 9.97 Å². The summed E-state index contributed by atoms with van der Waals surface area (Å²) in [5.41, 5.74) is 3.41. The van der Waals surface area contributed by atoms with Crippen LogP contribution >= 0.6 is 23.2 Å². The molecule has 2 rings (SSSR count). The Bertz CT molecular complexity index is 576. The Morgan fingerprint density at radius 3 is 2.79 bits per heavy atom. The molecule has 0 amide bonds. The van der Waals surface area contributed by atoms with E-state index in [1.807, 2.05) is 31.2 Å². The van der Waals surface area contributed by atoms with Gasteiger partial charge in [0.25, 0.3) is 0 Å². The summed E-state index contributed by atoms with van der Waals surface area (Å²) in [7, 11) is 0. The number of nitrogen functional groups attached to an aromatic ring is 1. The minimum atomic E-state index is -0.00303. The Morgan fingerprint density at radius 1 is 1.32 bits per heavy atom. The fourth-order valence-electron chi connectivity index (χ4n) is 1.60. The van der Waals surface area contributed by atoms with Crippen molar-refractivity contribution in [3.8, 4) is 0 Å². The third-order valence-electron chi connectivity index (χ3n) is 2.58. The molecule has 0 saturated heterocycles. The molecule has 4 N–H and O–H groups in total. The Hall–Kier alpha value is -1.56. The number of aromatic nitrogens is 2. The largest absolute Gasteiger partial charge is 0.362 e. The number of hydrogen-bond donors (Lipinski definition) is 3. The van der Waals surface area contributed by atoms with Crippen molar-refractivity contribution in [1.29, 1.82) is 0 Å². The van der Waals surface area contributed by atoms with Gasteiger partial charge in [-0.25, -0.2) is 10.8 Å². The maximum absolute atomic E-state index is 6.03. The number of hydrogen-bond acceptors (Lipinski definition) is 5. The van der Waals surface area contributed by atoms with Gasteiger partial charge in [-0.2, -0.15) is 4.98 Å². The molecule has 1 unspecified atom stereocenters. The van der Waals surface area contributed by atoms with Crippen LogP contribution in [0.3, 0.4) is 0 Å². The number of nitrogens with one attached hydrogen (secondary N) is 2. The van der Waals surface area contributed by atoms with Crippen molar-refractivity contribution in [3.63, 3.8) is 0 Å². The van der Waals surface area contributed by atoms with Gasteiger partial charge in [0.1, 0.15) is 5.02 Å². The van der Waals surface area contributed by atoms with Crippen molar-refractivity contribution in [3.05, 3.63) is 46.1 Å². The first-order chi connectivity index (χ1) is 9.10. The molecule has 5 nitrogen and oxygen atoms in total. The second-order valence-electron chi connectivity index (χ2n) is 3.96. The highest BCUT2D eigenvalue weighted by Crippen LogP contribution is 2.25. The molecule has 1 aromatic carbocycles. The van der Waals surface area contributed by atoms with Crippen molar-refractivity contribution in [2.75, 3.05) is 10.7 Å². The first-order valence-corrected chi connectivity index (χ1v) is 6.37. The number of nitrogens with two attached hydrogens (primary N) is 1. The molecule has 1 aromatic heterocycles. The molecule has 0 fully saturated rings. The van der Waals surface area contributed by atoms with Gasteiger partial charge in [0, 0.05) is 5.02 Å². The molecule has 0 aliphatic heterocycles. The molecule has 7 heteroatoms. The maximum Gasteiger partial charge on any atom is 0.239 e. The monoisotopic (exact) mass is 297 g/mol. The third kappa shape index (κ3) is 3.47. The number of hydrazine groups is 1. The molecule has 0 aliphatic rings. The van der Waals surface area contributed by atoms with Crippen LogP contribution in [0, 0.1) is 0 Å². The summed E-state index contributed by atoms with van der Waals surface area (Å²) in [6, 6.07) is 7.57. The SMILES string of the molecule is CC(Nc1nc(NN)ncc1Cl)c1cccc(Cl)c1. The number of rotatable bonds is 4. The van der Waals surface area contributed by atoms with Crippen LogP contribution in [0.2, 0.25) is 10.0 Å². The molecule has 100 valence electrons. The Kier molecular flexibility index (Phi) is 4.42. The van der Waals surface area contributed by atoms with Crippen LogP contribution < -0.4 is 16.6 Å². The number of halogens is 2. The zero-order valence-electron chi connectivity index (χ0n) is 10.2. The predicted octanol–water partition coefficient (Wildman–Crippen LogP) is 3.24. The van der Waals surface area contributed by atoms with Gasteiger partial charge in [0.15, 0.2) is 5.82 Å². The zero-order chi connectivity index (χ0) is 13.8. The van der Waals surface area contributed by atoms with E-state index in [-0.39, 0.29) is 6.04 Å². The zero-order valence-corrected chi connectivity index (χ0v) is 11.7. The third-order valence-corrected chi connectivity index (χ3v) is 3.09. The summed E-state index contributed by atoms with van der Waals surface area (Å²) in [6.07, 6.45) is 1.48. The van der Waals surface area contributed by atoms with Crippen LogP contribution in [0.1, 0.15) is 18.5 Å². The van der Waals surface area contributed by atoms with Gasteiger partial charge in [0.05, 0.1) is 12.2 Å². The molecule has 0 aliphatic carbocycles. The Labute approximate surface area is 121 Å². The summed E-state index contributed by atoms with van der Waals surface area (Å²) in [4.78, 5) is 8.07. The average Bonchev–Trinajstić information content (AvgIpc) is 2.41. The molecule has 0 saturated carbocycles. The highest BCUT2D eigenvalue weighted by molar-refractivity contribution is 6.32. The van der Waals surface area contributed by atoms with Gasteiger partial charge in [-0.1, -0.05) is 35.3 Å². The molecule has 0 spiro atoms. The van der Waals surface area contributed by atoms with E-state index in [0.29, 0.717) is 21.8 Å². The first-order valence-electron chi connectivity index (χ1n) is 5.61. The minimum absolute atomic E-state index is 0.00303. The number of nitrogens with zero attached hydrogens (tertiary/aromatic N) is 2. The second kappa shape index (κ2) is 6.06. The van der Waals surface area contributed by atoms with E-state index >= 15 is 0 Å².